The highest BCUT2D eigenvalue weighted by atomic mass is 16.1. The quantitative estimate of drug-likeness (QED) is 0.672. The third-order valence-corrected chi connectivity index (χ3v) is 6.48. The van der Waals surface area contributed by atoms with Crippen LogP contribution in [0.2, 0.25) is 0 Å². The van der Waals surface area contributed by atoms with Crippen molar-refractivity contribution in [1.82, 2.24) is 9.97 Å². The third-order valence-electron chi connectivity index (χ3n) is 6.48. The molecule has 0 spiro atoms. The van der Waals surface area contributed by atoms with Crippen molar-refractivity contribution in [1.29, 1.82) is 0 Å². The van der Waals surface area contributed by atoms with Crippen LogP contribution in [0.25, 0.3) is 11.0 Å². The van der Waals surface area contributed by atoms with Gasteiger partial charge < -0.3 is 15.2 Å². The van der Waals surface area contributed by atoms with Crippen molar-refractivity contribution in [3.63, 3.8) is 0 Å². The van der Waals surface area contributed by atoms with E-state index in [0.29, 0.717) is 18.0 Å². The Morgan fingerprint density at radius 2 is 2.10 bits per heavy atom. The third kappa shape index (κ3) is 2.75. The molecule has 0 saturated heterocycles. The summed E-state index contributed by atoms with van der Waals surface area (Å²) < 4.78 is 0. The van der Waals surface area contributed by atoms with Crippen LogP contribution in [-0.2, 0) is 18.4 Å². The first-order chi connectivity index (χ1) is 13.9. The van der Waals surface area contributed by atoms with Crippen molar-refractivity contribution < 1.29 is 0 Å². The van der Waals surface area contributed by atoms with Crippen LogP contribution in [0.5, 0.6) is 0 Å². The number of nitrogens with one attached hydrogen (secondary N) is 2. The Kier molecular flexibility index (Phi) is 3.99. The molecule has 2 aliphatic heterocycles. The Balaban J connectivity index is 1.76. The van der Waals surface area contributed by atoms with Crippen LogP contribution in [0.4, 0.5) is 17.1 Å². The van der Waals surface area contributed by atoms with E-state index in [2.05, 4.69) is 73.2 Å². The first kappa shape index (κ1) is 18.2. The number of benzene rings is 2. The molecule has 0 bridgehead atoms. The normalized spacial score (nSPS) is 19.8. The average molecular weight is 389 g/mol. The van der Waals surface area contributed by atoms with E-state index in [9.17, 15) is 4.79 Å². The Hall–Kier alpha value is -2.82. The van der Waals surface area contributed by atoms with Gasteiger partial charge in [0.15, 0.2) is 0 Å². The zero-order chi connectivity index (χ0) is 20.3. The van der Waals surface area contributed by atoms with E-state index >= 15 is 0 Å². The number of fused-ring (bicyclic) bond motifs is 3. The molecule has 2 aliphatic rings. The maximum Gasteiger partial charge on any atom is 0.270 e. The lowest BCUT2D eigenvalue weighted by atomic mass is 9.87. The van der Waals surface area contributed by atoms with E-state index in [0.717, 1.165) is 41.8 Å². The summed E-state index contributed by atoms with van der Waals surface area (Å²) in [5.41, 5.74) is 8.32. The maximum absolute atomic E-state index is 12.5. The van der Waals surface area contributed by atoms with Crippen molar-refractivity contribution in [2.24, 2.45) is 5.92 Å². The molecule has 1 aromatic heterocycles. The minimum atomic E-state index is -0.168. The number of hydrogen-bond acceptors (Lipinski definition) is 4. The van der Waals surface area contributed by atoms with E-state index in [-0.39, 0.29) is 11.1 Å². The number of hydrogen-bond donors (Lipinski definition) is 2. The molecule has 1 atom stereocenters. The van der Waals surface area contributed by atoms with Crippen molar-refractivity contribution in [2.45, 2.75) is 52.5 Å². The van der Waals surface area contributed by atoms with Crippen LogP contribution < -0.4 is 15.8 Å². The number of para-hydroxylation sites is 1. The summed E-state index contributed by atoms with van der Waals surface area (Å²) in [6, 6.07) is 10.9. The van der Waals surface area contributed by atoms with Crippen molar-refractivity contribution in [2.75, 3.05) is 16.8 Å². The van der Waals surface area contributed by atoms with E-state index in [1.807, 2.05) is 0 Å². The maximum atomic E-state index is 12.5. The van der Waals surface area contributed by atoms with Crippen LogP contribution in [0.3, 0.4) is 0 Å². The summed E-state index contributed by atoms with van der Waals surface area (Å²) in [7, 11) is 0. The standard InChI is InChI=1S/C24H28N4O/c1-5-24(4)16-8-6-7-15-9-10-28(22(15)16)21-13-18-17(12-19(21)27-24)26-23(29)20(25-18)11-14(2)3/h6-8,12-14,27H,5,9-11H2,1-4H3,(H,26,29). The molecule has 0 amide bonds. The average Bonchev–Trinajstić information content (AvgIpc) is 3.07. The first-order valence-electron chi connectivity index (χ1n) is 10.6. The van der Waals surface area contributed by atoms with Crippen LogP contribution in [0, 0.1) is 5.92 Å². The molecule has 5 heteroatoms. The highest BCUT2D eigenvalue weighted by molar-refractivity contribution is 5.93. The van der Waals surface area contributed by atoms with Crippen molar-refractivity contribution in [3.05, 3.63) is 57.5 Å². The Bertz CT molecular complexity index is 1180. The topological polar surface area (TPSA) is 61.0 Å². The molecule has 0 fully saturated rings. The highest BCUT2D eigenvalue weighted by Crippen LogP contribution is 2.49. The van der Waals surface area contributed by atoms with E-state index in [1.165, 1.54) is 16.8 Å². The van der Waals surface area contributed by atoms with Gasteiger partial charge in [-0.05, 0) is 49.8 Å². The van der Waals surface area contributed by atoms with Gasteiger partial charge in [0.05, 0.1) is 33.6 Å². The molecular formula is C24H28N4O. The molecule has 0 saturated carbocycles. The highest BCUT2D eigenvalue weighted by Gasteiger charge is 2.37. The van der Waals surface area contributed by atoms with Gasteiger partial charge in [0.2, 0.25) is 0 Å². The molecule has 29 heavy (non-hydrogen) atoms. The summed E-state index contributed by atoms with van der Waals surface area (Å²) in [6.45, 7) is 9.68. The number of anilines is 3. The van der Waals surface area contributed by atoms with Crippen molar-refractivity contribution >= 4 is 28.1 Å². The zero-order valence-electron chi connectivity index (χ0n) is 17.6. The smallest absolute Gasteiger partial charge is 0.270 e. The van der Waals surface area contributed by atoms with Gasteiger partial charge in [-0.15, -0.1) is 0 Å². The summed E-state index contributed by atoms with van der Waals surface area (Å²) in [4.78, 5) is 22.8. The lowest BCUT2D eigenvalue weighted by Gasteiger charge is -2.31. The Morgan fingerprint density at radius 1 is 1.28 bits per heavy atom. The monoisotopic (exact) mass is 388 g/mol. The van der Waals surface area contributed by atoms with Crippen LogP contribution in [0.15, 0.2) is 35.1 Å². The first-order valence-corrected chi connectivity index (χ1v) is 10.6. The summed E-state index contributed by atoms with van der Waals surface area (Å²) in [5, 5.41) is 3.80. The Morgan fingerprint density at radius 3 is 2.86 bits per heavy atom. The molecular weight excluding hydrogens is 360 g/mol. The van der Waals surface area contributed by atoms with Gasteiger partial charge in [-0.25, -0.2) is 4.98 Å². The summed E-state index contributed by atoms with van der Waals surface area (Å²) >= 11 is 0. The number of nitrogens with zero attached hydrogens (tertiary/aromatic N) is 2. The Labute approximate surface area is 171 Å². The molecule has 5 rings (SSSR count). The fraction of sp³-hybridized carbons (Fsp3) is 0.417. The summed E-state index contributed by atoms with van der Waals surface area (Å²) in [5.74, 6) is 0.391. The number of aromatic amines is 1. The molecule has 3 aromatic rings. The minimum Gasteiger partial charge on any atom is -0.374 e. The largest absolute Gasteiger partial charge is 0.374 e. The molecule has 0 aliphatic carbocycles. The predicted molar refractivity (Wildman–Crippen MR) is 119 cm³/mol. The van der Waals surface area contributed by atoms with Crippen molar-refractivity contribution in [3.8, 4) is 0 Å². The molecule has 2 aromatic carbocycles. The minimum absolute atomic E-state index is 0.0789. The van der Waals surface area contributed by atoms with Crippen LogP contribution >= 0.6 is 0 Å². The van der Waals surface area contributed by atoms with Gasteiger partial charge in [0.25, 0.3) is 5.56 Å². The lowest BCUT2D eigenvalue weighted by molar-refractivity contribution is 0.527. The van der Waals surface area contributed by atoms with Gasteiger partial charge in [-0.3, -0.25) is 4.79 Å². The second-order valence-electron chi connectivity index (χ2n) is 9.02. The number of H-pyrrole nitrogens is 1. The van der Waals surface area contributed by atoms with E-state index in [4.69, 9.17) is 4.98 Å². The molecule has 2 N–H and O–H groups in total. The van der Waals surface area contributed by atoms with Gasteiger partial charge in [-0.2, -0.15) is 0 Å². The fourth-order valence-electron chi connectivity index (χ4n) is 4.79. The SMILES string of the molecule is CCC1(C)Nc2cc3[nH]c(=O)c(CC(C)C)nc3cc2N2CCc3cccc1c32. The number of aromatic nitrogens is 2. The lowest BCUT2D eigenvalue weighted by Crippen LogP contribution is -2.30. The van der Waals surface area contributed by atoms with Gasteiger partial charge in [-0.1, -0.05) is 39.0 Å². The van der Waals surface area contributed by atoms with Crippen LogP contribution in [0.1, 0.15) is 50.9 Å². The predicted octanol–water partition coefficient (Wildman–Crippen LogP) is 4.87. The van der Waals surface area contributed by atoms with E-state index in [1.54, 1.807) is 0 Å². The molecule has 5 nitrogen and oxygen atoms in total. The van der Waals surface area contributed by atoms with E-state index < -0.39 is 0 Å². The fourth-order valence-corrected chi connectivity index (χ4v) is 4.79. The zero-order valence-corrected chi connectivity index (χ0v) is 17.6. The molecule has 0 radical (unpaired) electrons. The van der Waals surface area contributed by atoms with Gasteiger partial charge in [0.1, 0.15) is 5.69 Å². The second-order valence-corrected chi connectivity index (χ2v) is 9.02. The molecule has 3 heterocycles. The molecule has 1 unspecified atom stereocenters. The van der Waals surface area contributed by atoms with Gasteiger partial charge in [0, 0.05) is 12.1 Å². The summed E-state index contributed by atoms with van der Waals surface area (Å²) in [6.07, 6.45) is 2.71. The molecule has 150 valence electrons. The second kappa shape index (κ2) is 6.34. The van der Waals surface area contributed by atoms with Crippen LogP contribution in [-0.4, -0.2) is 16.5 Å². The number of rotatable bonds is 3. The van der Waals surface area contributed by atoms with Gasteiger partial charge >= 0.3 is 0 Å².